The number of hydrogen-bond donors (Lipinski definition) is 1. The quantitative estimate of drug-likeness (QED) is 0.926. The lowest BCUT2D eigenvalue weighted by molar-refractivity contribution is -0.138. The second kappa shape index (κ2) is 6.92. The maximum atomic E-state index is 12.0. The van der Waals surface area contributed by atoms with E-state index in [-0.39, 0.29) is 18.0 Å². The average molecular weight is 304 g/mol. The van der Waals surface area contributed by atoms with Crippen molar-refractivity contribution in [1.82, 2.24) is 9.80 Å². The van der Waals surface area contributed by atoms with Crippen LogP contribution in [0.1, 0.15) is 43.1 Å². The number of amides is 1. The lowest BCUT2D eigenvalue weighted by Gasteiger charge is -2.44. The van der Waals surface area contributed by atoms with E-state index in [2.05, 4.69) is 18.7 Å². The fourth-order valence-corrected chi connectivity index (χ4v) is 3.25. The first kappa shape index (κ1) is 16.5. The van der Waals surface area contributed by atoms with Crippen molar-refractivity contribution in [2.45, 2.75) is 45.8 Å². The molecule has 2 rings (SSSR count). The molecule has 0 bridgehead atoms. The number of carboxylic acids is 1. The third kappa shape index (κ3) is 3.65. The summed E-state index contributed by atoms with van der Waals surface area (Å²) in [7, 11) is 0. The van der Waals surface area contributed by atoms with E-state index in [1.54, 1.807) is 12.1 Å². The molecule has 1 saturated heterocycles. The van der Waals surface area contributed by atoms with Gasteiger partial charge in [-0.25, -0.2) is 4.79 Å². The molecule has 120 valence electrons. The van der Waals surface area contributed by atoms with Crippen LogP contribution in [0.25, 0.3) is 0 Å². The van der Waals surface area contributed by atoms with Crippen molar-refractivity contribution in [2.24, 2.45) is 0 Å². The van der Waals surface area contributed by atoms with E-state index in [1.165, 1.54) is 0 Å². The van der Waals surface area contributed by atoms with Gasteiger partial charge in [0, 0.05) is 38.1 Å². The molecular formula is C17H24N2O3. The van der Waals surface area contributed by atoms with Gasteiger partial charge in [-0.15, -0.1) is 0 Å². The highest BCUT2D eigenvalue weighted by atomic mass is 16.4. The molecule has 0 saturated carbocycles. The van der Waals surface area contributed by atoms with E-state index >= 15 is 0 Å². The molecule has 0 aromatic heterocycles. The number of carbonyl (C=O) groups is 2. The van der Waals surface area contributed by atoms with Crippen LogP contribution in [0.5, 0.6) is 0 Å². The number of carboxylic acid groups (broad SMARTS) is 1. The molecule has 1 aromatic carbocycles. The van der Waals surface area contributed by atoms with E-state index in [4.69, 9.17) is 5.11 Å². The summed E-state index contributed by atoms with van der Waals surface area (Å²) in [4.78, 5) is 27.2. The minimum absolute atomic E-state index is 0.203. The molecule has 1 aliphatic heterocycles. The molecule has 1 heterocycles. The van der Waals surface area contributed by atoms with Crippen LogP contribution in [0, 0.1) is 0 Å². The molecule has 0 radical (unpaired) electrons. The van der Waals surface area contributed by atoms with Gasteiger partial charge >= 0.3 is 5.97 Å². The van der Waals surface area contributed by atoms with Crippen molar-refractivity contribution >= 4 is 11.9 Å². The van der Waals surface area contributed by atoms with Gasteiger partial charge in [0.2, 0.25) is 5.91 Å². The molecule has 22 heavy (non-hydrogen) atoms. The summed E-state index contributed by atoms with van der Waals surface area (Å²) in [5.74, 6) is -0.689. The van der Waals surface area contributed by atoms with Gasteiger partial charge in [0.15, 0.2) is 0 Å². The van der Waals surface area contributed by atoms with Crippen LogP contribution in [0.4, 0.5) is 0 Å². The summed E-state index contributed by atoms with van der Waals surface area (Å²) in [5.41, 5.74) is 1.41. The van der Waals surface area contributed by atoms with Crippen molar-refractivity contribution in [1.29, 1.82) is 0 Å². The normalized spacial score (nSPS) is 22.6. The van der Waals surface area contributed by atoms with Crippen molar-refractivity contribution < 1.29 is 14.7 Å². The van der Waals surface area contributed by atoms with Gasteiger partial charge in [-0.3, -0.25) is 9.69 Å². The molecule has 1 aliphatic rings. The zero-order chi connectivity index (χ0) is 16.3. The van der Waals surface area contributed by atoms with Crippen LogP contribution in [-0.4, -0.2) is 52.0 Å². The van der Waals surface area contributed by atoms with Crippen LogP contribution >= 0.6 is 0 Å². The van der Waals surface area contributed by atoms with Crippen LogP contribution < -0.4 is 0 Å². The van der Waals surface area contributed by atoms with Crippen LogP contribution in [-0.2, 0) is 11.3 Å². The minimum atomic E-state index is -0.902. The molecule has 2 atom stereocenters. The first-order chi connectivity index (χ1) is 10.4. The number of benzene rings is 1. The summed E-state index contributed by atoms with van der Waals surface area (Å²) in [5, 5.41) is 8.92. The van der Waals surface area contributed by atoms with E-state index in [1.807, 2.05) is 24.0 Å². The summed E-state index contributed by atoms with van der Waals surface area (Å²) in [6, 6.07) is 7.41. The Bertz CT molecular complexity index is 529. The Morgan fingerprint density at radius 1 is 1.14 bits per heavy atom. The fourth-order valence-electron chi connectivity index (χ4n) is 3.25. The number of hydrogen-bond acceptors (Lipinski definition) is 3. The smallest absolute Gasteiger partial charge is 0.335 e. The van der Waals surface area contributed by atoms with Gasteiger partial charge in [-0.2, -0.15) is 0 Å². The van der Waals surface area contributed by atoms with Crippen molar-refractivity contribution in [3.8, 4) is 0 Å². The second-order valence-electron chi connectivity index (χ2n) is 6.05. The third-order valence-electron chi connectivity index (χ3n) is 4.19. The highest BCUT2D eigenvalue weighted by Gasteiger charge is 2.31. The van der Waals surface area contributed by atoms with E-state index < -0.39 is 5.97 Å². The Hall–Kier alpha value is -1.88. The number of aromatic carboxylic acids is 1. The number of nitrogens with zero attached hydrogens (tertiary/aromatic N) is 2. The summed E-state index contributed by atoms with van der Waals surface area (Å²) in [6.45, 7) is 8.54. The predicted octanol–water partition coefficient (Wildman–Crippen LogP) is 2.22. The number of rotatable bonds is 4. The van der Waals surface area contributed by atoms with Crippen LogP contribution in [0.3, 0.4) is 0 Å². The second-order valence-corrected chi connectivity index (χ2v) is 6.05. The van der Waals surface area contributed by atoms with E-state index in [9.17, 15) is 9.59 Å². The van der Waals surface area contributed by atoms with Gasteiger partial charge in [0.25, 0.3) is 0 Å². The molecule has 5 heteroatoms. The van der Waals surface area contributed by atoms with Gasteiger partial charge in [-0.1, -0.05) is 19.1 Å². The van der Waals surface area contributed by atoms with Crippen molar-refractivity contribution in [2.75, 3.05) is 13.1 Å². The third-order valence-corrected chi connectivity index (χ3v) is 4.19. The number of piperazine rings is 1. The lowest BCUT2D eigenvalue weighted by atomic mass is 10.1. The summed E-state index contributed by atoms with van der Waals surface area (Å²) in [6.07, 6.45) is 0.547. The molecule has 1 fully saturated rings. The van der Waals surface area contributed by atoms with Gasteiger partial charge in [0.1, 0.15) is 0 Å². The highest BCUT2D eigenvalue weighted by Crippen LogP contribution is 2.19. The zero-order valence-corrected chi connectivity index (χ0v) is 13.5. The first-order valence-corrected chi connectivity index (χ1v) is 7.78. The van der Waals surface area contributed by atoms with Crippen LogP contribution in [0.2, 0.25) is 0 Å². The zero-order valence-electron chi connectivity index (χ0n) is 13.5. The van der Waals surface area contributed by atoms with E-state index in [0.717, 1.165) is 25.2 Å². The Morgan fingerprint density at radius 3 is 2.14 bits per heavy atom. The van der Waals surface area contributed by atoms with Gasteiger partial charge < -0.3 is 10.0 Å². The molecule has 1 amide bonds. The van der Waals surface area contributed by atoms with E-state index in [0.29, 0.717) is 12.0 Å². The highest BCUT2D eigenvalue weighted by molar-refractivity contribution is 5.87. The van der Waals surface area contributed by atoms with Crippen molar-refractivity contribution in [3.05, 3.63) is 35.4 Å². The molecule has 1 aromatic rings. The molecular weight excluding hydrogens is 280 g/mol. The molecule has 0 aliphatic carbocycles. The minimum Gasteiger partial charge on any atom is -0.478 e. The summed E-state index contributed by atoms with van der Waals surface area (Å²) >= 11 is 0. The Balaban J connectivity index is 2.00. The molecule has 0 unspecified atom stereocenters. The Kier molecular flexibility index (Phi) is 5.19. The largest absolute Gasteiger partial charge is 0.478 e. The van der Waals surface area contributed by atoms with Gasteiger partial charge in [0.05, 0.1) is 5.56 Å². The maximum absolute atomic E-state index is 12.0. The predicted molar refractivity (Wildman–Crippen MR) is 84.7 cm³/mol. The van der Waals surface area contributed by atoms with Crippen LogP contribution in [0.15, 0.2) is 24.3 Å². The molecule has 1 N–H and O–H groups in total. The topological polar surface area (TPSA) is 60.9 Å². The van der Waals surface area contributed by atoms with Crippen molar-refractivity contribution in [3.63, 3.8) is 0 Å². The Labute approximate surface area is 131 Å². The molecule has 5 nitrogen and oxygen atoms in total. The summed E-state index contributed by atoms with van der Waals surface area (Å²) < 4.78 is 0. The first-order valence-electron chi connectivity index (χ1n) is 7.78. The fraction of sp³-hybridized carbons (Fsp3) is 0.529. The maximum Gasteiger partial charge on any atom is 0.335 e. The van der Waals surface area contributed by atoms with Gasteiger partial charge in [-0.05, 0) is 31.5 Å². The SMILES string of the molecule is CCC(=O)N1[C@H](C)CN(Cc2ccc(C(=O)O)cc2)C[C@@H]1C. The number of carbonyl (C=O) groups excluding carboxylic acids is 1. The Morgan fingerprint density at radius 2 is 1.68 bits per heavy atom. The average Bonchev–Trinajstić information content (AvgIpc) is 2.46. The monoisotopic (exact) mass is 304 g/mol. The standard InChI is InChI=1S/C17H24N2O3/c1-4-16(20)19-12(2)9-18(10-13(19)3)11-14-5-7-15(8-6-14)17(21)22/h5-8,12-13H,4,9-11H2,1-3H3,(H,21,22)/t12-,13+. The molecule has 0 spiro atoms. The lowest BCUT2D eigenvalue weighted by Crippen LogP contribution is -2.58.